The predicted octanol–water partition coefficient (Wildman–Crippen LogP) is 1.31. The fourth-order valence-electron chi connectivity index (χ4n) is 3.86. The van der Waals surface area contributed by atoms with Crippen molar-refractivity contribution in [2.45, 2.75) is 24.7 Å². The zero-order valence-corrected chi connectivity index (χ0v) is 19.4. The van der Waals surface area contributed by atoms with Gasteiger partial charge in [-0.15, -0.1) is 0 Å². The molecule has 174 valence electrons. The summed E-state index contributed by atoms with van der Waals surface area (Å²) >= 11 is 0. The first-order chi connectivity index (χ1) is 15.6. The highest BCUT2D eigenvalue weighted by Crippen LogP contribution is 2.24. The lowest BCUT2D eigenvalue weighted by molar-refractivity contribution is 0.102. The van der Waals surface area contributed by atoms with E-state index in [0.29, 0.717) is 24.7 Å². The number of benzene rings is 1. The molecule has 2 aromatic heterocycles. The van der Waals surface area contributed by atoms with E-state index in [0.717, 1.165) is 17.4 Å². The van der Waals surface area contributed by atoms with Crippen LogP contribution in [0.15, 0.2) is 50.9 Å². The topological polar surface area (TPSA) is 123 Å². The first-order valence-electron chi connectivity index (χ1n) is 10.6. The maximum absolute atomic E-state index is 12.9. The van der Waals surface area contributed by atoms with Gasteiger partial charge >= 0.3 is 5.69 Å². The molecule has 3 heterocycles. The van der Waals surface area contributed by atoms with Crippen LogP contribution in [0.3, 0.4) is 0 Å². The summed E-state index contributed by atoms with van der Waals surface area (Å²) in [6.07, 6.45) is 1.67. The first kappa shape index (κ1) is 22.9. The van der Waals surface area contributed by atoms with Gasteiger partial charge in [-0.1, -0.05) is 6.92 Å². The number of fused-ring (bicyclic) bond motifs is 1. The van der Waals surface area contributed by atoms with E-state index in [4.69, 9.17) is 0 Å². The smallest absolute Gasteiger partial charge is 0.321 e. The summed E-state index contributed by atoms with van der Waals surface area (Å²) < 4.78 is 29.4. The van der Waals surface area contributed by atoms with Crippen LogP contribution in [-0.4, -0.2) is 45.8 Å². The average Bonchev–Trinajstić information content (AvgIpc) is 2.81. The van der Waals surface area contributed by atoms with E-state index in [1.54, 1.807) is 0 Å². The lowest BCUT2D eigenvalue weighted by atomic mass is 10.0. The molecule has 0 saturated carbocycles. The molecule has 1 aromatic carbocycles. The number of aryl methyl sites for hydroxylation is 1. The van der Waals surface area contributed by atoms with Gasteiger partial charge in [0.2, 0.25) is 10.0 Å². The Morgan fingerprint density at radius 1 is 1.00 bits per heavy atom. The van der Waals surface area contributed by atoms with Crippen LogP contribution in [0.2, 0.25) is 0 Å². The van der Waals surface area contributed by atoms with Gasteiger partial charge in [0.25, 0.3) is 11.5 Å². The highest BCUT2D eigenvalue weighted by molar-refractivity contribution is 7.89. The molecule has 1 fully saturated rings. The van der Waals surface area contributed by atoms with E-state index in [-0.39, 0.29) is 21.6 Å². The summed E-state index contributed by atoms with van der Waals surface area (Å²) in [7, 11) is -0.731. The summed E-state index contributed by atoms with van der Waals surface area (Å²) in [4.78, 5) is 41.5. The molecule has 0 unspecified atom stereocenters. The highest BCUT2D eigenvalue weighted by atomic mass is 32.2. The SMILES string of the molecule is CC1CCN(S(=O)(=O)c2ccc(NC(=O)c3ccc4c(=O)n(C)c(=O)n(C)c4n3)cc2)CC1. The Morgan fingerprint density at radius 2 is 1.64 bits per heavy atom. The van der Waals surface area contributed by atoms with Crippen LogP contribution in [-0.2, 0) is 24.1 Å². The van der Waals surface area contributed by atoms with E-state index in [9.17, 15) is 22.8 Å². The van der Waals surface area contributed by atoms with Crippen molar-refractivity contribution in [3.63, 3.8) is 0 Å². The number of rotatable bonds is 4. The van der Waals surface area contributed by atoms with Crippen molar-refractivity contribution in [2.75, 3.05) is 18.4 Å². The molecular weight excluding hydrogens is 446 g/mol. The van der Waals surface area contributed by atoms with Crippen molar-refractivity contribution in [2.24, 2.45) is 20.0 Å². The molecule has 0 atom stereocenters. The van der Waals surface area contributed by atoms with Gasteiger partial charge in [-0.3, -0.25) is 18.7 Å². The van der Waals surface area contributed by atoms with Crippen molar-refractivity contribution in [1.82, 2.24) is 18.4 Å². The van der Waals surface area contributed by atoms with Gasteiger partial charge in [-0.05, 0) is 55.2 Å². The van der Waals surface area contributed by atoms with E-state index < -0.39 is 27.2 Å². The predicted molar refractivity (Wildman–Crippen MR) is 124 cm³/mol. The molecule has 3 aromatic rings. The number of sulfonamides is 1. The summed E-state index contributed by atoms with van der Waals surface area (Å²) in [5, 5.41) is 2.89. The number of carbonyl (C=O) groups excluding carboxylic acids is 1. The largest absolute Gasteiger partial charge is 0.332 e. The van der Waals surface area contributed by atoms with Crippen molar-refractivity contribution in [3.05, 3.63) is 62.9 Å². The summed E-state index contributed by atoms with van der Waals surface area (Å²) in [6, 6.07) is 8.82. The zero-order valence-electron chi connectivity index (χ0n) is 18.6. The van der Waals surface area contributed by atoms with E-state index in [1.807, 2.05) is 0 Å². The zero-order chi connectivity index (χ0) is 23.9. The van der Waals surface area contributed by atoms with Gasteiger partial charge in [-0.2, -0.15) is 4.31 Å². The van der Waals surface area contributed by atoms with Crippen LogP contribution in [0.4, 0.5) is 5.69 Å². The molecule has 1 aliphatic heterocycles. The molecular formula is C22H25N5O5S. The number of hydrogen-bond donors (Lipinski definition) is 1. The first-order valence-corrected chi connectivity index (χ1v) is 12.0. The monoisotopic (exact) mass is 471 g/mol. The molecule has 1 N–H and O–H groups in total. The molecule has 1 aliphatic rings. The molecule has 0 radical (unpaired) electrons. The van der Waals surface area contributed by atoms with Crippen LogP contribution >= 0.6 is 0 Å². The third-order valence-electron chi connectivity index (χ3n) is 6.03. The number of anilines is 1. The summed E-state index contributed by atoms with van der Waals surface area (Å²) in [6.45, 7) is 3.12. The molecule has 1 amide bonds. The Kier molecular flexibility index (Phi) is 5.93. The Balaban J connectivity index is 1.55. The Morgan fingerprint density at radius 3 is 2.27 bits per heavy atom. The molecule has 11 heteroatoms. The molecule has 4 rings (SSSR count). The molecule has 0 aliphatic carbocycles. The number of pyridine rings is 1. The van der Waals surface area contributed by atoms with E-state index >= 15 is 0 Å². The maximum Gasteiger partial charge on any atom is 0.332 e. The number of nitrogens with zero attached hydrogens (tertiary/aromatic N) is 4. The average molecular weight is 472 g/mol. The van der Waals surface area contributed by atoms with Crippen molar-refractivity contribution >= 4 is 32.7 Å². The minimum atomic E-state index is -3.58. The lowest BCUT2D eigenvalue weighted by Gasteiger charge is -2.29. The third kappa shape index (κ3) is 4.21. The van der Waals surface area contributed by atoms with Crippen molar-refractivity contribution in [1.29, 1.82) is 0 Å². The number of nitrogens with one attached hydrogen (secondary N) is 1. The second-order valence-electron chi connectivity index (χ2n) is 8.34. The van der Waals surface area contributed by atoms with Crippen LogP contribution < -0.4 is 16.6 Å². The standard InChI is InChI=1S/C22H25N5O5S/c1-14-10-12-27(13-11-14)33(31,32)16-6-4-15(5-7-16)23-20(28)18-9-8-17-19(24-18)25(2)22(30)26(3)21(17)29/h4-9,14H,10-13H2,1-3H3,(H,23,28). The quantitative estimate of drug-likeness (QED) is 0.612. The van der Waals surface area contributed by atoms with E-state index in [1.165, 1.54) is 59.4 Å². The summed E-state index contributed by atoms with van der Waals surface area (Å²) in [5.74, 6) is -0.0335. The third-order valence-corrected chi connectivity index (χ3v) is 7.94. The van der Waals surface area contributed by atoms with E-state index in [2.05, 4.69) is 17.2 Å². The normalized spacial score (nSPS) is 15.6. The van der Waals surface area contributed by atoms with Crippen LogP contribution in [0.5, 0.6) is 0 Å². The number of amides is 1. The van der Waals surface area contributed by atoms with Crippen LogP contribution in [0, 0.1) is 5.92 Å². The Hall–Kier alpha value is -3.31. The Bertz CT molecular complexity index is 1450. The molecule has 0 spiro atoms. The van der Waals surface area contributed by atoms with Gasteiger partial charge < -0.3 is 5.32 Å². The lowest BCUT2D eigenvalue weighted by Crippen LogP contribution is -2.37. The Labute approximate surface area is 190 Å². The fourth-order valence-corrected chi connectivity index (χ4v) is 5.33. The van der Waals surface area contributed by atoms with Crippen molar-refractivity contribution < 1.29 is 13.2 Å². The van der Waals surface area contributed by atoms with Gasteiger partial charge in [0.1, 0.15) is 11.3 Å². The van der Waals surface area contributed by atoms with Crippen LogP contribution in [0.1, 0.15) is 30.3 Å². The van der Waals surface area contributed by atoms with Crippen LogP contribution in [0.25, 0.3) is 11.0 Å². The number of piperidine rings is 1. The number of aromatic nitrogens is 3. The molecule has 0 bridgehead atoms. The van der Waals surface area contributed by atoms with Gasteiger partial charge in [0, 0.05) is 32.9 Å². The number of carbonyl (C=O) groups is 1. The fraction of sp³-hybridized carbons (Fsp3) is 0.364. The van der Waals surface area contributed by atoms with Crippen molar-refractivity contribution in [3.8, 4) is 0 Å². The van der Waals surface area contributed by atoms with Gasteiger partial charge in [-0.25, -0.2) is 18.2 Å². The molecule has 10 nitrogen and oxygen atoms in total. The summed E-state index contributed by atoms with van der Waals surface area (Å²) in [5.41, 5.74) is -0.519. The second-order valence-corrected chi connectivity index (χ2v) is 10.3. The number of hydrogen-bond acceptors (Lipinski definition) is 6. The maximum atomic E-state index is 12.9. The highest BCUT2D eigenvalue weighted by Gasteiger charge is 2.28. The van der Waals surface area contributed by atoms with Gasteiger partial charge in [0.15, 0.2) is 0 Å². The minimum Gasteiger partial charge on any atom is -0.321 e. The second kappa shape index (κ2) is 8.56. The minimum absolute atomic E-state index is 0.0184. The van der Waals surface area contributed by atoms with Gasteiger partial charge in [0.05, 0.1) is 10.3 Å². The molecule has 1 saturated heterocycles. The molecule has 33 heavy (non-hydrogen) atoms.